The molecule has 0 saturated carbocycles. The van der Waals surface area contributed by atoms with Crippen molar-refractivity contribution in [1.82, 2.24) is 4.31 Å². The quantitative estimate of drug-likeness (QED) is 0.372. The summed E-state index contributed by atoms with van der Waals surface area (Å²) in [5, 5.41) is 22.1. The van der Waals surface area contributed by atoms with Crippen molar-refractivity contribution in [3.63, 3.8) is 0 Å². The fourth-order valence-corrected chi connectivity index (χ4v) is 5.76. The van der Waals surface area contributed by atoms with Crippen LogP contribution in [0.15, 0.2) is 24.3 Å². The van der Waals surface area contributed by atoms with Gasteiger partial charge in [-0.3, -0.25) is 0 Å². The number of rotatable bonds is 7. The molecule has 5 nitrogen and oxygen atoms in total. The lowest BCUT2D eigenvalue weighted by Gasteiger charge is -2.29. The summed E-state index contributed by atoms with van der Waals surface area (Å²) in [4.78, 5) is 0. The van der Waals surface area contributed by atoms with Gasteiger partial charge in [0.25, 0.3) is 0 Å². The molecule has 2 aromatic rings. The van der Waals surface area contributed by atoms with Gasteiger partial charge in [0.1, 0.15) is 11.5 Å². The highest BCUT2D eigenvalue weighted by Gasteiger charge is 2.28. The van der Waals surface area contributed by atoms with Crippen molar-refractivity contribution >= 4 is 10.0 Å². The minimum Gasteiger partial charge on any atom is -0.507 e. The van der Waals surface area contributed by atoms with E-state index < -0.39 is 10.0 Å². The van der Waals surface area contributed by atoms with Gasteiger partial charge >= 0.3 is 0 Å². The minimum absolute atomic E-state index is 0.245. The van der Waals surface area contributed by atoms with Gasteiger partial charge in [0, 0.05) is 13.1 Å². The Hall–Kier alpha value is -2.05. The number of benzene rings is 2. The van der Waals surface area contributed by atoms with Gasteiger partial charge in [-0.15, -0.1) is 0 Å². The van der Waals surface area contributed by atoms with Crippen LogP contribution in [-0.2, 0) is 44.5 Å². The number of sulfonamides is 1. The molecule has 39 heavy (non-hydrogen) atoms. The van der Waals surface area contributed by atoms with E-state index >= 15 is 0 Å². The lowest BCUT2D eigenvalue weighted by atomic mass is 9.78. The SMILES string of the molecule is CC(C)(C)c1cc(CCN(CCc2cc(C(C)(C)C)c(O)c(C(C)(C)C)c2)S(C)(=O)=O)cc(C(C)(C)C)c1O. The van der Waals surface area contributed by atoms with Gasteiger partial charge in [0.05, 0.1) is 6.26 Å². The van der Waals surface area contributed by atoms with Gasteiger partial charge in [-0.1, -0.05) is 107 Å². The molecule has 0 bridgehead atoms. The third-order valence-corrected chi connectivity index (χ3v) is 8.64. The van der Waals surface area contributed by atoms with E-state index in [0.29, 0.717) is 37.4 Å². The topological polar surface area (TPSA) is 77.8 Å². The number of phenols is 2. The van der Waals surface area contributed by atoms with E-state index in [-0.39, 0.29) is 21.7 Å². The fourth-order valence-electron chi connectivity index (χ4n) is 4.92. The van der Waals surface area contributed by atoms with Crippen LogP contribution in [0.2, 0.25) is 0 Å². The van der Waals surface area contributed by atoms with Crippen LogP contribution in [0.1, 0.15) is 116 Å². The molecule has 6 heteroatoms. The largest absolute Gasteiger partial charge is 0.507 e. The van der Waals surface area contributed by atoms with E-state index in [4.69, 9.17) is 0 Å². The zero-order valence-electron chi connectivity index (χ0n) is 26.7. The van der Waals surface area contributed by atoms with Crippen LogP contribution < -0.4 is 0 Å². The first kappa shape index (κ1) is 33.2. The first-order chi connectivity index (χ1) is 17.3. The monoisotopic (exact) mass is 559 g/mol. The predicted molar refractivity (Wildman–Crippen MR) is 165 cm³/mol. The Labute approximate surface area is 238 Å². The van der Waals surface area contributed by atoms with Crippen molar-refractivity contribution in [2.45, 2.75) is 118 Å². The first-order valence-corrected chi connectivity index (χ1v) is 15.9. The molecule has 0 aliphatic heterocycles. The number of nitrogens with zero attached hydrogens (tertiary/aromatic N) is 1. The lowest BCUT2D eigenvalue weighted by Crippen LogP contribution is -2.34. The molecule has 0 aliphatic rings. The summed E-state index contributed by atoms with van der Waals surface area (Å²) >= 11 is 0. The maximum absolute atomic E-state index is 12.8. The molecule has 0 atom stereocenters. The van der Waals surface area contributed by atoms with Gasteiger partial charge in [0.15, 0.2) is 0 Å². The third kappa shape index (κ3) is 8.47. The second-order valence-electron chi connectivity index (χ2n) is 15.2. The van der Waals surface area contributed by atoms with Crippen LogP contribution in [0.5, 0.6) is 11.5 Å². The third-order valence-electron chi connectivity index (χ3n) is 7.34. The van der Waals surface area contributed by atoms with Crippen molar-refractivity contribution in [2.24, 2.45) is 0 Å². The summed E-state index contributed by atoms with van der Waals surface area (Å²) in [6.07, 6.45) is 2.37. The summed E-state index contributed by atoms with van der Waals surface area (Å²) in [6, 6.07) is 8.10. The Bertz CT molecular complexity index is 1130. The molecule has 2 N–H and O–H groups in total. The van der Waals surface area contributed by atoms with Gasteiger partial charge in [0.2, 0.25) is 10.0 Å². The molecule has 0 aliphatic carbocycles. The molecular formula is C33H53NO4S. The van der Waals surface area contributed by atoms with Crippen molar-refractivity contribution in [3.05, 3.63) is 57.6 Å². The zero-order valence-corrected chi connectivity index (χ0v) is 27.5. The van der Waals surface area contributed by atoms with Crippen molar-refractivity contribution in [3.8, 4) is 11.5 Å². The Morgan fingerprint density at radius 2 is 0.795 bits per heavy atom. The summed E-state index contributed by atoms with van der Waals surface area (Å²) in [5.74, 6) is 0.658. The van der Waals surface area contributed by atoms with Gasteiger partial charge in [-0.25, -0.2) is 12.7 Å². The van der Waals surface area contributed by atoms with E-state index in [1.165, 1.54) is 6.26 Å². The molecule has 0 heterocycles. The molecule has 0 spiro atoms. The van der Waals surface area contributed by atoms with Crippen molar-refractivity contribution < 1.29 is 18.6 Å². The molecule has 0 radical (unpaired) electrons. The van der Waals surface area contributed by atoms with Crippen molar-refractivity contribution in [2.75, 3.05) is 19.3 Å². The number of phenolic OH excluding ortho intramolecular Hbond substituents is 2. The van der Waals surface area contributed by atoms with Gasteiger partial charge in [-0.2, -0.15) is 0 Å². The second-order valence-corrected chi connectivity index (χ2v) is 17.2. The Balaban J connectivity index is 2.41. The van der Waals surface area contributed by atoms with E-state index in [0.717, 1.165) is 33.4 Å². The lowest BCUT2D eigenvalue weighted by molar-refractivity contribution is 0.412. The summed E-state index contributed by atoms with van der Waals surface area (Å²) in [7, 11) is -3.44. The van der Waals surface area contributed by atoms with E-state index in [9.17, 15) is 18.6 Å². The summed E-state index contributed by atoms with van der Waals surface area (Å²) in [5.41, 5.74) is 4.57. The molecule has 0 fully saturated rings. The van der Waals surface area contributed by atoms with Gasteiger partial charge < -0.3 is 10.2 Å². The molecule has 0 saturated heterocycles. The maximum atomic E-state index is 12.8. The maximum Gasteiger partial charge on any atom is 0.211 e. The highest BCUT2D eigenvalue weighted by molar-refractivity contribution is 7.88. The summed E-state index contributed by atoms with van der Waals surface area (Å²) < 4.78 is 27.2. The van der Waals surface area contributed by atoms with Gasteiger partial charge in [-0.05, 0) is 67.9 Å². The average molecular weight is 560 g/mol. The number of hydrogen-bond acceptors (Lipinski definition) is 4. The van der Waals surface area contributed by atoms with Crippen LogP contribution in [0.25, 0.3) is 0 Å². The molecular weight excluding hydrogens is 506 g/mol. The summed E-state index contributed by atoms with van der Waals surface area (Å²) in [6.45, 7) is 25.7. The molecule has 0 amide bonds. The number of hydrogen-bond donors (Lipinski definition) is 2. The van der Waals surface area contributed by atoms with Crippen LogP contribution in [-0.4, -0.2) is 42.3 Å². The van der Waals surface area contributed by atoms with Crippen LogP contribution in [0.4, 0.5) is 0 Å². The Kier molecular flexibility index (Phi) is 9.42. The fraction of sp³-hybridized carbons (Fsp3) is 0.636. The molecule has 220 valence electrons. The normalized spacial score (nSPS) is 13.8. The standard InChI is InChI=1S/C33H53NO4S/c1-30(2,3)24-18-22(19-25(28(24)35)31(4,5)6)14-16-34(39(13,37)38)17-15-23-20-26(32(7,8)9)29(36)27(21-23)33(10,11)12/h18-21,35-36H,14-17H2,1-13H3. The molecule has 0 aromatic heterocycles. The van der Waals surface area contributed by atoms with E-state index in [1.54, 1.807) is 4.31 Å². The van der Waals surface area contributed by atoms with E-state index in [1.807, 2.05) is 24.3 Å². The zero-order chi connectivity index (χ0) is 30.4. The van der Waals surface area contributed by atoms with Crippen LogP contribution in [0, 0.1) is 0 Å². The van der Waals surface area contributed by atoms with Crippen molar-refractivity contribution in [1.29, 1.82) is 0 Å². The first-order valence-electron chi connectivity index (χ1n) is 14.0. The predicted octanol–water partition coefficient (Wildman–Crippen LogP) is 7.33. The molecule has 2 aromatic carbocycles. The van der Waals surface area contributed by atoms with Crippen LogP contribution >= 0.6 is 0 Å². The Morgan fingerprint density at radius 1 is 0.564 bits per heavy atom. The average Bonchev–Trinajstić information content (AvgIpc) is 2.71. The molecule has 2 rings (SSSR count). The highest BCUT2D eigenvalue weighted by atomic mass is 32.2. The highest BCUT2D eigenvalue weighted by Crippen LogP contribution is 2.41. The smallest absolute Gasteiger partial charge is 0.211 e. The number of aromatic hydroxyl groups is 2. The van der Waals surface area contributed by atoms with Crippen LogP contribution in [0.3, 0.4) is 0 Å². The second kappa shape index (κ2) is 11.1. The minimum atomic E-state index is -3.44. The molecule has 0 unspecified atom stereocenters. The Morgan fingerprint density at radius 3 is 0.974 bits per heavy atom. The van der Waals surface area contributed by atoms with E-state index in [2.05, 4.69) is 83.1 Å².